The van der Waals surface area contributed by atoms with Gasteiger partial charge in [0.15, 0.2) is 0 Å². The zero-order valence-corrected chi connectivity index (χ0v) is 18.0. The largest absolute Gasteiger partial charge is 1.00 e. The molecule has 0 aliphatic rings. The van der Waals surface area contributed by atoms with Crippen LogP contribution in [0.15, 0.2) is 87.0 Å². The van der Waals surface area contributed by atoms with E-state index in [4.69, 9.17) is 5.11 Å². The summed E-state index contributed by atoms with van der Waals surface area (Å²) in [5.41, 5.74) is 0. The van der Waals surface area contributed by atoms with Crippen LogP contribution in [-0.4, -0.2) is 56.9 Å². The number of hydrogen-bond donors (Lipinski definition) is 5. The molecule has 0 saturated carbocycles. The molecule has 5 rings (SSSR count). The number of aromatic amines is 4. The maximum atomic E-state index is 10.2. The minimum absolute atomic E-state index is 0. The van der Waals surface area contributed by atoms with E-state index in [0.29, 0.717) is 11.3 Å². The molecular formula is C18H19CuN8O4S. The van der Waals surface area contributed by atoms with Crippen LogP contribution in [0, 0.1) is 0 Å². The Labute approximate surface area is 196 Å². The Morgan fingerprint density at radius 2 is 1.06 bits per heavy atom. The molecule has 0 fully saturated rings. The molecule has 5 N–H and O–H groups in total. The van der Waals surface area contributed by atoms with Crippen LogP contribution in [0.5, 0.6) is 0 Å². The van der Waals surface area contributed by atoms with Crippen molar-refractivity contribution in [2.24, 2.45) is 0 Å². The summed E-state index contributed by atoms with van der Waals surface area (Å²) in [6, 6.07) is 2.45. The van der Waals surface area contributed by atoms with Gasteiger partial charge in [0.1, 0.15) is 4.88 Å². The number of hydrogen-bond acceptors (Lipinski definition) is 8. The summed E-state index contributed by atoms with van der Waals surface area (Å²) in [6.07, 6.45) is 20.3. The van der Waals surface area contributed by atoms with E-state index in [-0.39, 0.29) is 26.8 Å². The summed E-state index contributed by atoms with van der Waals surface area (Å²) in [5.74, 6) is -2.47. The number of imidazole rings is 4. The number of nitrogens with zero attached hydrogens (tertiary/aromatic N) is 4. The number of H-pyrrole nitrogens is 4. The Kier molecular flexibility index (Phi) is 16.6. The molecule has 0 saturated heterocycles. The molecule has 172 valence electrons. The molecule has 0 aromatic carbocycles. The fourth-order valence-electron chi connectivity index (χ4n) is 1.42. The van der Waals surface area contributed by atoms with Gasteiger partial charge < -0.3 is 34.9 Å². The van der Waals surface area contributed by atoms with Gasteiger partial charge in [0.2, 0.25) is 0 Å². The Balaban J connectivity index is 0.000000392. The number of aromatic carboxylic acids is 2. The first-order valence-corrected chi connectivity index (χ1v) is 9.18. The van der Waals surface area contributed by atoms with E-state index >= 15 is 0 Å². The zero-order valence-electron chi connectivity index (χ0n) is 16.3. The van der Waals surface area contributed by atoms with Gasteiger partial charge >= 0.3 is 23.0 Å². The SMILES string of the molecule is O=C([O-])c1ccc(C(=O)O)s1.[Cu+].c1c[nH]cn1.c1c[nH]cn1.c1c[nH]cn1.c1c[nH]cn1. The second-order valence-corrected chi connectivity index (χ2v) is 5.88. The predicted molar refractivity (Wildman–Crippen MR) is 110 cm³/mol. The Hall–Kier alpha value is -4.00. The van der Waals surface area contributed by atoms with E-state index in [1.54, 1.807) is 74.9 Å². The first kappa shape index (κ1) is 28.0. The van der Waals surface area contributed by atoms with Crippen molar-refractivity contribution < 1.29 is 36.9 Å². The predicted octanol–water partition coefficient (Wildman–Crippen LogP) is 1.45. The number of aromatic nitrogens is 8. The van der Waals surface area contributed by atoms with E-state index in [1.807, 2.05) is 0 Å². The molecule has 0 aliphatic carbocycles. The van der Waals surface area contributed by atoms with Crippen molar-refractivity contribution in [1.82, 2.24) is 39.9 Å². The zero-order chi connectivity index (χ0) is 22.6. The van der Waals surface area contributed by atoms with Crippen molar-refractivity contribution in [1.29, 1.82) is 0 Å². The minimum Gasteiger partial charge on any atom is -0.544 e. The average molecular weight is 507 g/mol. The molecule has 0 radical (unpaired) electrons. The number of thiophene rings is 1. The van der Waals surface area contributed by atoms with Crippen LogP contribution in [0.4, 0.5) is 0 Å². The molecule has 0 bridgehead atoms. The van der Waals surface area contributed by atoms with Gasteiger partial charge in [-0.25, -0.2) is 24.7 Å². The molecule has 5 heterocycles. The third-order valence-electron chi connectivity index (χ3n) is 2.64. The van der Waals surface area contributed by atoms with Crippen LogP contribution in [0.25, 0.3) is 0 Å². The molecule has 32 heavy (non-hydrogen) atoms. The first-order chi connectivity index (χ1) is 15.1. The second-order valence-electron chi connectivity index (χ2n) is 4.80. The van der Waals surface area contributed by atoms with E-state index in [1.165, 1.54) is 12.1 Å². The van der Waals surface area contributed by atoms with Crippen molar-refractivity contribution >= 4 is 23.3 Å². The van der Waals surface area contributed by atoms with Crippen LogP contribution in [0.3, 0.4) is 0 Å². The normalized spacial score (nSPS) is 8.25. The van der Waals surface area contributed by atoms with Gasteiger partial charge in [-0.3, -0.25) is 0 Å². The minimum atomic E-state index is -1.34. The maximum Gasteiger partial charge on any atom is 1.00 e. The molecule has 0 atom stereocenters. The number of carbonyl (C=O) groups excluding carboxylic acids is 1. The third-order valence-corrected chi connectivity index (χ3v) is 3.69. The number of rotatable bonds is 2. The van der Waals surface area contributed by atoms with Gasteiger partial charge in [-0.1, -0.05) is 0 Å². The van der Waals surface area contributed by atoms with Crippen LogP contribution in [-0.2, 0) is 17.1 Å². The van der Waals surface area contributed by atoms with Crippen molar-refractivity contribution in [3.05, 3.63) is 96.8 Å². The molecule has 0 unspecified atom stereocenters. The van der Waals surface area contributed by atoms with Crippen molar-refractivity contribution in [3.63, 3.8) is 0 Å². The Morgan fingerprint density at radius 3 is 1.19 bits per heavy atom. The summed E-state index contributed by atoms with van der Waals surface area (Å²) < 4.78 is 0. The van der Waals surface area contributed by atoms with Gasteiger partial charge in [-0.05, 0) is 12.1 Å². The van der Waals surface area contributed by atoms with Crippen LogP contribution in [0.1, 0.15) is 19.3 Å². The molecule has 0 aliphatic heterocycles. The number of carboxylic acids is 2. The van der Waals surface area contributed by atoms with Crippen LogP contribution in [0.2, 0.25) is 0 Å². The molecule has 5 aromatic heterocycles. The molecular weight excluding hydrogens is 488 g/mol. The van der Waals surface area contributed by atoms with E-state index in [2.05, 4.69) is 39.9 Å². The summed E-state index contributed by atoms with van der Waals surface area (Å²) in [5, 5.41) is 18.5. The fourth-order valence-corrected chi connectivity index (χ4v) is 2.10. The average Bonchev–Trinajstić information content (AvgIpc) is 3.66. The first-order valence-electron chi connectivity index (χ1n) is 8.36. The quantitative estimate of drug-likeness (QED) is 0.222. The summed E-state index contributed by atoms with van der Waals surface area (Å²) in [6.45, 7) is 0. The van der Waals surface area contributed by atoms with E-state index < -0.39 is 11.9 Å². The van der Waals surface area contributed by atoms with Gasteiger partial charge in [-0.2, -0.15) is 0 Å². The van der Waals surface area contributed by atoms with Gasteiger partial charge in [0.05, 0.1) is 36.2 Å². The monoisotopic (exact) mass is 506 g/mol. The number of carbonyl (C=O) groups is 2. The summed E-state index contributed by atoms with van der Waals surface area (Å²) in [4.78, 5) is 46.0. The third kappa shape index (κ3) is 14.9. The summed E-state index contributed by atoms with van der Waals surface area (Å²) in [7, 11) is 0. The van der Waals surface area contributed by atoms with Crippen molar-refractivity contribution in [2.75, 3.05) is 0 Å². The van der Waals surface area contributed by atoms with Crippen LogP contribution >= 0.6 is 11.3 Å². The molecule has 0 amide bonds. The topological polar surface area (TPSA) is 192 Å². The Morgan fingerprint density at radius 1 is 0.719 bits per heavy atom. The standard InChI is InChI=1S/C6H4O4S.4C3H4N2.Cu/c7-5(8)3-1-2-4(11-3)6(9)10;4*1-2-5-3-4-1;/h1-2H,(H,7,8)(H,9,10);4*1-3H,(H,4,5);/q;;;;;+1/p-1. The van der Waals surface area contributed by atoms with E-state index in [0.717, 1.165) is 0 Å². The van der Waals surface area contributed by atoms with Gasteiger partial charge in [-0.15, -0.1) is 11.3 Å². The Bertz CT molecular complexity index is 802. The number of nitrogens with one attached hydrogen (secondary N) is 4. The molecule has 12 nitrogen and oxygen atoms in total. The summed E-state index contributed by atoms with van der Waals surface area (Å²) >= 11 is 0.687. The maximum absolute atomic E-state index is 10.2. The smallest absolute Gasteiger partial charge is 0.544 e. The van der Waals surface area contributed by atoms with Gasteiger partial charge in [0.25, 0.3) is 0 Å². The fraction of sp³-hybridized carbons (Fsp3) is 0. The van der Waals surface area contributed by atoms with E-state index in [9.17, 15) is 14.7 Å². The van der Waals surface area contributed by atoms with Crippen molar-refractivity contribution in [2.45, 2.75) is 0 Å². The van der Waals surface area contributed by atoms with Gasteiger partial charge in [0, 0.05) is 49.6 Å². The second kappa shape index (κ2) is 19.0. The molecule has 0 spiro atoms. The van der Waals surface area contributed by atoms with Crippen molar-refractivity contribution in [3.8, 4) is 0 Å². The van der Waals surface area contributed by atoms with Crippen LogP contribution < -0.4 is 5.11 Å². The molecule has 5 aromatic rings. The number of carboxylic acid groups (broad SMARTS) is 2. The molecule has 14 heteroatoms.